The first-order valence-corrected chi connectivity index (χ1v) is 9.86. The molecule has 31 heavy (non-hydrogen) atoms. The van der Waals surface area contributed by atoms with Crippen molar-refractivity contribution in [2.24, 2.45) is 5.73 Å². The van der Waals surface area contributed by atoms with Crippen LogP contribution in [0.3, 0.4) is 0 Å². The lowest BCUT2D eigenvalue weighted by Crippen LogP contribution is -2.47. The van der Waals surface area contributed by atoms with Gasteiger partial charge in [0.15, 0.2) is 11.6 Å². The van der Waals surface area contributed by atoms with Crippen LogP contribution >= 0.6 is 0 Å². The highest BCUT2D eigenvalue weighted by atomic mass is 19.2. The van der Waals surface area contributed by atoms with Crippen molar-refractivity contribution in [3.8, 4) is 5.88 Å². The second-order valence-electron chi connectivity index (χ2n) is 7.93. The second-order valence-corrected chi connectivity index (χ2v) is 7.93. The molecule has 3 rings (SSSR count). The second kappa shape index (κ2) is 8.58. The molecule has 0 aliphatic heterocycles. The summed E-state index contributed by atoms with van der Waals surface area (Å²) in [4.78, 5) is 12.8. The zero-order valence-corrected chi connectivity index (χ0v) is 17.9. The first-order valence-electron chi connectivity index (χ1n) is 9.86. The van der Waals surface area contributed by atoms with E-state index in [1.807, 2.05) is 13.8 Å². The summed E-state index contributed by atoms with van der Waals surface area (Å²) in [5.74, 6) is -3.56. The largest absolute Gasteiger partial charge is 0.473 e. The van der Waals surface area contributed by atoms with Crippen molar-refractivity contribution in [1.82, 2.24) is 14.9 Å². The standard InChI is InChI=1S/C22H25F3N4O2/c1-5-22(4,26)11-27-21(30)19-13(3)28-29-17(19)8-12(2)9-18(29)31-10-14-15(23)6-7-16(24)20(14)25/h6-9H,5,10-11,26H2,1-4H3,(H,27,30). The number of amides is 1. The molecule has 1 unspecified atom stereocenters. The molecule has 3 N–H and O–H groups in total. The van der Waals surface area contributed by atoms with Crippen LogP contribution in [0.1, 0.15) is 47.4 Å². The smallest absolute Gasteiger partial charge is 0.255 e. The number of pyridine rings is 1. The third kappa shape index (κ3) is 4.66. The highest BCUT2D eigenvalue weighted by Crippen LogP contribution is 2.25. The number of nitrogens with zero attached hydrogens (tertiary/aromatic N) is 2. The van der Waals surface area contributed by atoms with Crippen LogP contribution in [0, 0.1) is 31.3 Å². The summed E-state index contributed by atoms with van der Waals surface area (Å²) in [6, 6.07) is 4.92. The number of fused-ring (bicyclic) bond motifs is 1. The van der Waals surface area contributed by atoms with E-state index in [9.17, 15) is 18.0 Å². The minimum atomic E-state index is -1.30. The van der Waals surface area contributed by atoms with Gasteiger partial charge in [-0.15, -0.1) is 0 Å². The molecule has 0 fully saturated rings. The number of hydrogen-bond donors (Lipinski definition) is 2. The number of carbonyl (C=O) groups excluding carboxylic acids is 1. The van der Waals surface area contributed by atoms with Crippen LogP contribution < -0.4 is 15.8 Å². The van der Waals surface area contributed by atoms with E-state index in [2.05, 4.69) is 10.4 Å². The Hall–Kier alpha value is -3.07. The van der Waals surface area contributed by atoms with Crippen molar-refractivity contribution < 1.29 is 22.7 Å². The van der Waals surface area contributed by atoms with Crippen molar-refractivity contribution in [2.75, 3.05) is 6.54 Å². The highest BCUT2D eigenvalue weighted by molar-refractivity contribution is 6.02. The maximum atomic E-state index is 14.0. The van der Waals surface area contributed by atoms with Gasteiger partial charge < -0.3 is 15.8 Å². The summed E-state index contributed by atoms with van der Waals surface area (Å²) in [5, 5.41) is 7.18. The number of nitrogens with two attached hydrogens (primary N) is 1. The summed E-state index contributed by atoms with van der Waals surface area (Å²) >= 11 is 0. The molecular weight excluding hydrogens is 409 g/mol. The number of carbonyl (C=O) groups is 1. The SMILES string of the molecule is CCC(C)(N)CNC(=O)c1c(C)nn2c(OCc3c(F)ccc(F)c3F)cc(C)cc12. The summed E-state index contributed by atoms with van der Waals surface area (Å²) in [6.07, 6.45) is 0.686. The molecule has 2 aromatic heterocycles. The van der Waals surface area contributed by atoms with Crippen LogP contribution in [0.15, 0.2) is 24.3 Å². The maximum absolute atomic E-state index is 14.0. The number of halogens is 3. The zero-order valence-electron chi connectivity index (χ0n) is 17.9. The molecule has 0 spiro atoms. The summed E-state index contributed by atoms with van der Waals surface area (Å²) in [6.45, 7) is 6.98. The van der Waals surface area contributed by atoms with Crippen LogP contribution in [0.5, 0.6) is 5.88 Å². The van der Waals surface area contributed by atoms with Gasteiger partial charge in [-0.2, -0.15) is 9.61 Å². The average Bonchev–Trinajstić information content (AvgIpc) is 3.04. The Bertz CT molecular complexity index is 1140. The van der Waals surface area contributed by atoms with Gasteiger partial charge in [0.25, 0.3) is 5.91 Å². The fourth-order valence-electron chi connectivity index (χ4n) is 3.09. The van der Waals surface area contributed by atoms with Gasteiger partial charge in [-0.1, -0.05) is 6.92 Å². The van der Waals surface area contributed by atoms with Crippen LogP contribution in [0.4, 0.5) is 13.2 Å². The number of aromatic nitrogens is 2. The molecular formula is C22H25F3N4O2. The lowest BCUT2D eigenvalue weighted by Gasteiger charge is -2.22. The number of benzene rings is 1. The number of nitrogens with one attached hydrogen (secondary N) is 1. The molecule has 6 nitrogen and oxygen atoms in total. The molecule has 166 valence electrons. The summed E-state index contributed by atoms with van der Waals surface area (Å²) in [7, 11) is 0. The minimum Gasteiger partial charge on any atom is -0.473 e. The van der Waals surface area contributed by atoms with Crippen molar-refractivity contribution >= 4 is 11.4 Å². The molecule has 0 aliphatic rings. The van der Waals surface area contributed by atoms with Gasteiger partial charge in [-0.3, -0.25) is 4.79 Å². The molecule has 0 bridgehead atoms. The molecule has 0 aliphatic carbocycles. The van der Waals surface area contributed by atoms with E-state index < -0.39 is 35.2 Å². The van der Waals surface area contributed by atoms with E-state index in [0.717, 1.165) is 11.6 Å². The summed E-state index contributed by atoms with van der Waals surface area (Å²) in [5.41, 5.74) is 7.05. The quantitative estimate of drug-likeness (QED) is 0.554. The van der Waals surface area contributed by atoms with Crippen LogP contribution in [-0.4, -0.2) is 27.6 Å². The van der Waals surface area contributed by atoms with Gasteiger partial charge in [0.1, 0.15) is 12.4 Å². The van der Waals surface area contributed by atoms with Crippen molar-refractivity contribution in [2.45, 2.75) is 46.3 Å². The van der Waals surface area contributed by atoms with Gasteiger partial charge in [-0.05, 0) is 51.0 Å². The van der Waals surface area contributed by atoms with Crippen molar-refractivity contribution in [3.05, 3.63) is 64.1 Å². The van der Waals surface area contributed by atoms with Crippen LogP contribution in [0.2, 0.25) is 0 Å². The van der Waals surface area contributed by atoms with Crippen LogP contribution in [-0.2, 0) is 6.61 Å². The molecule has 1 amide bonds. The van der Waals surface area contributed by atoms with Gasteiger partial charge in [0.2, 0.25) is 5.88 Å². The Labute approximate surface area is 178 Å². The molecule has 2 heterocycles. The predicted octanol–water partition coefficient (Wildman–Crippen LogP) is 3.80. The molecule has 0 saturated carbocycles. The van der Waals surface area contributed by atoms with E-state index in [4.69, 9.17) is 10.5 Å². The minimum absolute atomic E-state index is 0.164. The van der Waals surface area contributed by atoms with E-state index in [0.29, 0.717) is 29.3 Å². The van der Waals surface area contributed by atoms with Crippen LogP contribution in [0.25, 0.3) is 5.52 Å². The Morgan fingerprint density at radius 2 is 1.90 bits per heavy atom. The predicted molar refractivity (Wildman–Crippen MR) is 111 cm³/mol. The molecule has 0 saturated heterocycles. The Balaban J connectivity index is 1.94. The Kier molecular flexibility index (Phi) is 6.26. The maximum Gasteiger partial charge on any atom is 0.255 e. The van der Waals surface area contributed by atoms with E-state index in [1.54, 1.807) is 26.0 Å². The molecule has 1 aromatic carbocycles. The molecule has 9 heteroatoms. The normalized spacial score (nSPS) is 13.3. The molecule has 3 aromatic rings. The Morgan fingerprint density at radius 1 is 1.23 bits per heavy atom. The van der Waals surface area contributed by atoms with E-state index in [-0.39, 0.29) is 18.3 Å². The monoisotopic (exact) mass is 434 g/mol. The number of aryl methyl sites for hydroxylation is 2. The third-order valence-corrected chi connectivity index (χ3v) is 5.21. The topological polar surface area (TPSA) is 81.6 Å². The van der Waals surface area contributed by atoms with Gasteiger partial charge >= 0.3 is 0 Å². The number of ether oxygens (including phenoxy) is 1. The fraction of sp³-hybridized carbons (Fsp3) is 0.364. The molecule has 1 atom stereocenters. The van der Waals surface area contributed by atoms with Gasteiger partial charge in [0.05, 0.1) is 22.3 Å². The van der Waals surface area contributed by atoms with E-state index in [1.165, 1.54) is 4.52 Å². The average molecular weight is 434 g/mol. The third-order valence-electron chi connectivity index (χ3n) is 5.21. The summed E-state index contributed by atoms with van der Waals surface area (Å²) < 4.78 is 48.3. The molecule has 0 radical (unpaired) electrons. The lowest BCUT2D eigenvalue weighted by molar-refractivity contribution is 0.0945. The first kappa shape index (κ1) is 22.6. The van der Waals surface area contributed by atoms with E-state index >= 15 is 0 Å². The number of rotatable bonds is 7. The zero-order chi connectivity index (χ0) is 22.9. The van der Waals surface area contributed by atoms with Gasteiger partial charge in [0, 0.05) is 18.2 Å². The van der Waals surface area contributed by atoms with Gasteiger partial charge in [-0.25, -0.2) is 13.2 Å². The number of hydrogen-bond acceptors (Lipinski definition) is 4. The highest BCUT2D eigenvalue weighted by Gasteiger charge is 2.23. The van der Waals surface area contributed by atoms with Crippen molar-refractivity contribution in [3.63, 3.8) is 0 Å². The Morgan fingerprint density at radius 3 is 2.58 bits per heavy atom. The van der Waals surface area contributed by atoms with Crippen molar-refractivity contribution in [1.29, 1.82) is 0 Å². The fourth-order valence-corrected chi connectivity index (χ4v) is 3.09. The first-order chi connectivity index (χ1) is 14.5. The lowest BCUT2D eigenvalue weighted by atomic mass is 10.0.